The monoisotopic (exact) mass is 531 g/mol. The molecule has 0 N–H and O–H groups in total. The van der Waals surface area contributed by atoms with E-state index < -0.39 is 0 Å². The minimum Gasteiger partial charge on any atom is -0.343 e. The number of thiophene rings is 2. The zero-order chi connectivity index (χ0) is 25.6. The molecule has 0 atom stereocenters. The molecule has 0 bridgehead atoms. The molecule has 0 unspecified atom stereocenters. The molecule has 7 rings (SSSR count). The highest BCUT2D eigenvalue weighted by Crippen LogP contribution is 2.42. The number of aryl methyl sites for hydroxylation is 2. The average Bonchev–Trinajstić information content (AvgIpc) is 3.65. The van der Waals surface area contributed by atoms with Crippen LogP contribution < -0.4 is 0 Å². The highest BCUT2D eigenvalue weighted by atomic mass is 32.1. The number of hydrogen-bond acceptors (Lipinski definition) is 2. The molecule has 0 spiro atoms. The van der Waals surface area contributed by atoms with Gasteiger partial charge in [0.2, 0.25) is 0 Å². The van der Waals surface area contributed by atoms with Crippen molar-refractivity contribution in [2.75, 3.05) is 0 Å². The molecule has 0 amide bonds. The standard InChI is InChI=1S/C35H33NS2/c1-3-4-5-6-7-8-11-24-15-21-32(37-24)23-14-16-25-27-17-20-30-28(34(27)36(2)31(25)22-23)18-19-29-26-12-9-10-13-33(26)38-35(29)30/h9-10,12-22H,3-8,11H2,1-2H3. The highest BCUT2D eigenvalue weighted by molar-refractivity contribution is 7.26. The van der Waals surface area contributed by atoms with E-state index in [1.165, 1.54) is 113 Å². The summed E-state index contributed by atoms with van der Waals surface area (Å²) in [6.45, 7) is 2.29. The smallest absolute Gasteiger partial charge is 0.0568 e. The van der Waals surface area contributed by atoms with Crippen LogP contribution in [0.3, 0.4) is 0 Å². The molecule has 3 aromatic heterocycles. The normalized spacial score (nSPS) is 12.2. The van der Waals surface area contributed by atoms with E-state index in [9.17, 15) is 0 Å². The summed E-state index contributed by atoms with van der Waals surface area (Å²) in [6.07, 6.45) is 9.36. The Labute approximate surface area is 232 Å². The number of benzene rings is 4. The highest BCUT2D eigenvalue weighted by Gasteiger charge is 2.16. The summed E-state index contributed by atoms with van der Waals surface area (Å²) >= 11 is 3.89. The Kier molecular flexibility index (Phi) is 6.22. The maximum atomic E-state index is 2.42. The van der Waals surface area contributed by atoms with Gasteiger partial charge in [-0.05, 0) is 42.7 Å². The van der Waals surface area contributed by atoms with Crippen LogP contribution in [0.15, 0.2) is 78.9 Å². The van der Waals surface area contributed by atoms with Crippen molar-refractivity contribution in [1.82, 2.24) is 4.57 Å². The third kappa shape index (κ3) is 3.95. The van der Waals surface area contributed by atoms with Crippen LogP contribution in [0.4, 0.5) is 0 Å². The van der Waals surface area contributed by atoms with E-state index in [0.29, 0.717) is 0 Å². The van der Waals surface area contributed by atoms with Crippen LogP contribution in [-0.4, -0.2) is 4.57 Å². The van der Waals surface area contributed by atoms with Gasteiger partial charge >= 0.3 is 0 Å². The summed E-state index contributed by atoms with van der Waals surface area (Å²) in [4.78, 5) is 2.90. The molecule has 0 aliphatic carbocycles. The van der Waals surface area contributed by atoms with Crippen molar-refractivity contribution >= 4 is 75.4 Å². The summed E-state index contributed by atoms with van der Waals surface area (Å²) < 4.78 is 5.18. The van der Waals surface area contributed by atoms with Gasteiger partial charge in [0.05, 0.1) is 5.52 Å². The zero-order valence-corrected chi connectivity index (χ0v) is 23.9. The lowest BCUT2D eigenvalue weighted by Crippen LogP contribution is -1.88. The summed E-state index contributed by atoms with van der Waals surface area (Å²) in [7, 11) is 2.24. The molecule has 190 valence electrons. The molecule has 0 saturated carbocycles. The van der Waals surface area contributed by atoms with Crippen molar-refractivity contribution in [2.45, 2.75) is 51.9 Å². The number of rotatable bonds is 8. The van der Waals surface area contributed by atoms with Crippen LogP contribution in [0, 0.1) is 0 Å². The van der Waals surface area contributed by atoms with Crippen molar-refractivity contribution in [1.29, 1.82) is 0 Å². The molecular formula is C35H33NS2. The van der Waals surface area contributed by atoms with Gasteiger partial charge in [0.25, 0.3) is 0 Å². The average molecular weight is 532 g/mol. The van der Waals surface area contributed by atoms with E-state index in [2.05, 4.69) is 97.4 Å². The molecule has 7 aromatic rings. The summed E-state index contributed by atoms with van der Waals surface area (Å²) in [5.74, 6) is 0. The fraction of sp³-hybridized carbons (Fsp3) is 0.257. The van der Waals surface area contributed by atoms with E-state index in [-0.39, 0.29) is 0 Å². The van der Waals surface area contributed by atoms with Crippen molar-refractivity contribution in [3.8, 4) is 10.4 Å². The molecule has 0 saturated heterocycles. The number of hydrogen-bond donors (Lipinski definition) is 0. The summed E-state index contributed by atoms with van der Waals surface area (Å²) in [5, 5.41) is 8.13. The fourth-order valence-electron chi connectivity index (χ4n) is 6.21. The second kappa shape index (κ2) is 9.87. The molecule has 3 heterocycles. The van der Waals surface area contributed by atoms with E-state index >= 15 is 0 Å². The number of nitrogens with zero attached hydrogens (tertiary/aromatic N) is 1. The third-order valence-corrected chi connectivity index (χ3v) is 10.6. The third-order valence-electron chi connectivity index (χ3n) is 8.22. The molecule has 0 aliphatic rings. The quantitative estimate of drug-likeness (QED) is 0.172. The Hall–Kier alpha value is -3.14. The van der Waals surface area contributed by atoms with Crippen LogP contribution in [0.5, 0.6) is 0 Å². The van der Waals surface area contributed by atoms with Crippen LogP contribution >= 0.6 is 22.7 Å². The van der Waals surface area contributed by atoms with Gasteiger partial charge in [-0.1, -0.05) is 93.6 Å². The predicted molar refractivity (Wildman–Crippen MR) is 171 cm³/mol. The Morgan fingerprint density at radius 1 is 0.632 bits per heavy atom. The Morgan fingerprint density at radius 3 is 2.21 bits per heavy atom. The molecule has 0 fully saturated rings. The lowest BCUT2D eigenvalue weighted by molar-refractivity contribution is 0.609. The van der Waals surface area contributed by atoms with Gasteiger partial charge < -0.3 is 4.57 Å². The van der Waals surface area contributed by atoms with Crippen molar-refractivity contribution in [3.63, 3.8) is 0 Å². The molecule has 0 aliphatic heterocycles. The van der Waals surface area contributed by atoms with E-state index in [0.717, 1.165) is 0 Å². The van der Waals surface area contributed by atoms with E-state index in [1.54, 1.807) is 0 Å². The molecule has 4 aromatic carbocycles. The SMILES string of the molecule is CCCCCCCCc1ccc(-c2ccc3c4ccc5c(ccc6c7ccccc7sc65)c4n(C)c3c2)s1. The van der Waals surface area contributed by atoms with Gasteiger partial charge in [0.15, 0.2) is 0 Å². The molecule has 1 nitrogen and oxygen atoms in total. The van der Waals surface area contributed by atoms with E-state index in [1.807, 2.05) is 22.7 Å². The van der Waals surface area contributed by atoms with Crippen LogP contribution in [0.1, 0.15) is 50.3 Å². The summed E-state index contributed by atoms with van der Waals surface area (Å²) in [6, 6.07) is 29.9. The topological polar surface area (TPSA) is 4.93 Å². The lowest BCUT2D eigenvalue weighted by atomic mass is 10.0. The second-order valence-electron chi connectivity index (χ2n) is 10.7. The Morgan fingerprint density at radius 2 is 1.34 bits per heavy atom. The van der Waals surface area contributed by atoms with Gasteiger partial charge in [-0.15, -0.1) is 22.7 Å². The minimum atomic E-state index is 1.21. The predicted octanol–water partition coefficient (Wildman–Crippen LogP) is 11.5. The maximum absolute atomic E-state index is 2.42. The molecule has 3 heteroatoms. The first-order valence-corrected chi connectivity index (χ1v) is 15.7. The van der Waals surface area contributed by atoms with Crippen molar-refractivity contribution < 1.29 is 0 Å². The van der Waals surface area contributed by atoms with Crippen LogP contribution in [-0.2, 0) is 13.5 Å². The molecule has 0 radical (unpaired) electrons. The van der Waals surface area contributed by atoms with Gasteiger partial charge in [0.1, 0.15) is 0 Å². The van der Waals surface area contributed by atoms with Gasteiger partial charge in [-0.3, -0.25) is 0 Å². The van der Waals surface area contributed by atoms with Crippen LogP contribution in [0.25, 0.3) is 63.2 Å². The molecular weight excluding hydrogens is 499 g/mol. The number of aromatic nitrogens is 1. The van der Waals surface area contributed by atoms with Crippen molar-refractivity contribution in [3.05, 3.63) is 83.7 Å². The lowest BCUT2D eigenvalue weighted by Gasteiger charge is -2.05. The number of fused-ring (bicyclic) bond motifs is 9. The van der Waals surface area contributed by atoms with Gasteiger partial charge in [0, 0.05) is 64.0 Å². The van der Waals surface area contributed by atoms with Crippen molar-refractivity contribution in [2.24, 2.45) is 7.05 Å². The van der Waals surface area contributed by atoms with E-state index in [4.69, 9.17) is 0 Å². The Balaban J connectivity index is 1.26. The Bertz CT molecular complexity index is 1930. The van der Waals surface area contributed by atoms with Crippen LogP contribution in [0.2, 0.25) is 0 Å². The number of unbranched alkanes of at least 4 members (excludes halogenated alkanes) is 5. The zero-order valence-electron chi connectivity index (χ0n) is 22.2. The molecule has 38 heavy (non-hydrogen) atoms. The van der Waals surface area contributed by atoms with Gasteiger partial charge in [-0.2, -0.15) is 0 Å². The minimum absolute atomic E-state index is 1.21. The van der Waals surface area contributed by atoms with Gasteiger partial charge in [-0.25, -0.2) is 0 Å². The largest absolute Gasteiger partial charge is 0.343 e. The second-order valence-corrected chi connectivity index (χ2v) is 12.9. The first-order valence-electron chi connectivity index (χ1n) is 14.1. The first kappa shape index (κ1) is 23.9. The maximum Gasteiger partial charge on any atom is 0.0568 e. The summed E-state index contributed by atoms with van der Waals surface area (Å²) in [5.41, 5.74) is 3.98. The fourth-order valence-corrected chi connectivity index (χ4v) is 8.48. The first-order chi connectivity index (χ1) is 18.7.